The Labute approximate surface area is 126 Å². The molecule has 0 radical (unpaired) electrons. The molecular formula is C16H35NO2S. The van der Waals surface area contributed by atoms with Crippen LogP contribution >= 0.6 is 0 Å². The van der Waals surface area contributed by atoms with Crippen LogP contribution in [0, 0.1) is 5.41 Å². The molecule has 0 saturated carbocycles. The molecule has 0 aliphatic heterocycles. The molecule has 0 heterocycles. The van der Waals surface area contributed by atoms with Crippen LogP contribution in [-0.4, -0.2) is 33.0 Å². The lowest BCUT2D eigenvalue weighted by molar-refractivity contribution is 0.223. The fourth-order valence-electron chi connectivity index (χ4n) is 2.65. The van der Waals surface area contributed by atoms with Crippen LogP contribution in [-0.2, 0) is 9.84 Å². The van der Waals surface area contributed by atoms with E-state index in [1.54, 1.807) is 0 Å². The molecule has 1 unspecified atom stereocenters. The van der Waals surface area contributed by atoms with Crippen molar-refractivity contribution in [2.75, 3.05) is 24.6 Å². The van der Waals surface area contributed by atoms with Gasteiger partial charge in [0.15, 0.2) is 0 Å². The molecular weight excluding hydrogens is 270 g/mol. The molecule has 4 heteroatoms. The number of nitrogens with one attached hydrogen (secondary N) is 1. The Morgan fingerprint density at radius 2 is 1.60 bits per heavy atom. The number of hydrogen-bond acceptors (Lipinski definition) is 3. The Hall–Kier alpha value is -0.0900. The zero-order valence-electron chi connectivity index (χ0n) is 14.0. The number of unbranched alkanes of at least 4 members (excludes halogenated alkanes) is 1. The number of rotatable bonds is 13. The van der Waals surface area contributed by atoms with Crippen LogP contribution in [0.5, 0.6) is 0 Å². The first-order valence-corrected chi connectivity index (χ1v) is 10.2. The number of sulfone groups is 1. The first-order chi connectivity index (χ1) is 9.45. The van der Waals surface area contributed by atoms with Crippen LogP contribution in [0.25, 0.3) is 0 Å². The van der Waals surface area contributed by atoms with Gasteiger partial charge in [-0.2, -0.15) is 0 Å². The van der Waals surface area contributed by atoms with Crippen molar-refractivity contribution in [3.63, 3.8) is 0 Å². The topological polar surface area (TPSA) is 46.2 Å². The SMILES string of the molecule is CCCCC(CC)(CCS(=O)(=O)CCC)CNCCC. The summed E-state index contributed by atoms with van der Waals surface area (Å²) in [5.74, 6) is 0.690. The van der Waals surface area contributed by atoms with Crippen molar-refractivity contribution < 1.29 is 8.42 Å². The molecule has 0 spiro atoms. The van der Waals surface area contributed by atoms with Gasteiger partial charge in [0.05, 0.1) is 5.75 Å². The van der Waals surface area contributed by atoms with Crippen LogP contribution < -0.4 is 5.32 Å². The van der Waals surface area contributed by atoms with Crippen molar-refractivity contribution in [2.45, 2.75) is 72.6 Å². The predicted molar refractivity (Wildman–Crippen MR) is 89.0 cm³/mol. The molecule has 0 saturated heterocycles. The first-order valence-electron chi connectivity index (χ1n) is 8.36. The molecule has 1 N–H and O–H groups in total. The van der Waals surface area contributed by atoms with Crippen molar-refractivity contribution in [3.05, 3.63) is 0 Å². The van der Waals surface area contributed by atoms with Gasteiger partial charge < -0.3 is 5.32 Å². The molecule has 1 atom stereocenters. The standard InChI is InChI=1S/C16H35NO2S/c1-5-9-10-16(8-4,15-17-12-6-2)11-14-20(18,19)13-7-3/h17H,5-15H2,1-4H3. The van der Waals surface area contributed by atoms with E-state index >= 15 is 0 Å². The maximum atomic E-state index is 12.0. The normalized spacial score (nSPS) is 15.2. The molecule has 0 aliphatic rings. The molecule has 0 bridgehead atoms. The van der Waals surface area contributed by atoms with Crippen LogP contribution in [0.1, 0.15) is 72.6 Å². The third kappa shape index (κ3) is 8.25. The minimum Gasteiger partial charge on any atom is -0.316 e. The van der Waals surface area contributed by atoms with Gasteiger partial charge in [0.1, 0.15) is 9.84 Å². The van der Waals surface area contributed by atoms with E-state index in [0.29, 0.717) is 11.5 Å². The summed E-state index contributed by atoms with van der Waals surface area (Å²) in [4.78, 5) is 0. The summed E-state index contributed by atoms with van der Waals surface area (Å²) in [7, 11) is -2.86. The molecule has 0 aromatic rings. The Morgan fingerprint density at radius 3 is 2.10 bits per heavy atom. The van der Waals surface area contributed by atoms with Crippen molar-refractivity contribution in [1.29, 1.82) is 0 Å². The van der Waals surface area contributed by atoms with E-state index in [-0.39, 0.29) is 5.41 Å². The lowest BCUT2D eigenvalue weighted by atomic mass is 9.77. The fourth-order valence-corrected chi connectivity index (χ4v) is 4.22. The van der Waals surface area contributed by atoms with Gasteiger partial charge in [-0.3, -0.25) is 0 Å². The summed E-state index contributed by atoms with van der Waals surface area (Å²) in [5.41, 5.74) is 0.159. The maximum Gasteiger partial charge on any atom is 0.150 e. The average molecular weight is 306 g/mol. The largest absolute Gasteiger partial charge is 0.316 e. The summed E-state index contributed by atoms with van der Waals surface area (Å²) in [6, 6.07) is 0. The number of hydrogen-bond donors (Lipinski definition) is 1. The smallest absolute Gasteiger partial charge is 0.150 e. The summed E-state index contributed by atoms with van der Waals surface area (Å²) in [6.07, 6.45) is 7.23. The lowest BCUT2D eigenvalue weighted by Gasteiger charge is -2.33. The minimum atomic E-state index is -2.86. The van der Waals surface area contributed by atoms with Gasteiger partial charge >= 0.3 is 0 Å². The van der Waals surface area contributed by atoms with Gasteiger partial charge in [0.25, 0.3) is 0 Å². The highest BCUT2D eigenvalue weighted by Crippen LogP contribution is 2.33. The van der Waals surface area contributed by atoms with Crippen LogP contribution in [0.4, 0.5) is 0 Å². The fraction of sp³-hybridized carbons (Fsp3) is 1.00. The zero-order valence-corrected chi connectivity index (χ0v) is 14.8. The van der Waals surface area contributed by atoms with Gasteiger partial charge in [-0.05, 0) is 44.1 Å². The summed E-state index contributed by atoms with van der Waals surface area (Å²) in [6.45, 7) is 10.5. The average Bonchev–Trinajstić information content (AvgIpc) is 2.42. The molecule has 0 rings (SSSR count). The second kappa shape index (κ2) is 10.6. The molecule has 0 fully saturated rings. The Kier molecular flexibility index (Phi) is 10.6. The second-order valence-electron chi connectivity index (χ2n) is 6.04. The monoisotopic (exact) mass is 305 g/mol. The molecule has 0 amide bonds. The van der Waals surface area contributed by atoms with Crippen molar-refractivity contribution >= 4 is 9.84 Å². The Balaban J connectivity index is 4.63. The molecule has 3 nitrogen and oxygen atoms in total. The Bertz CT molecular complexity index is 327. The van der Waals surface area contributed by atoms with E-state index in [2.05, 4.69) is 26.1 Å². The predicted octanol–water partition coefficient (Wildman–Crippen LogP) is 3.79. The third-order valence-electron chi connectivity index (χ3n) is 4.20. The van der Waals surface area contributed by atoms with Gasteiger partial charge in [-0.15, -0.1) is 0 Å². The van der Waals surface area contributed by atoms with E-state index in [1.807, 2.05) is 6.92 Å². The highest BCUT2D eigenvalue weighted by Gasteiger charge is 2.29. The third-order valence-corrected chi connectivity index (χ3v) is 6.05. The van der Waals surface area contributed by atoms with Crippen molar-refractivity contribution in [2.24, 2.45) is 5.41 Å². The molecule has 0 aliphatic carbocycles. The van der Waals surface area contributed by atoms with Gasteiger partial charge in [0, 0.05) is 12.3 Å². The summed E-state index contributed by atoms with van der Waals surface area (Å²) >= 11 is 0. The van der Waals surface area contributed by atoms with Gasteiger partial charge in [-0.25, -0.2) is 8.42 Å². The van der Waals surface area contributed by atoms with E-state index in [9.17, 15) is 8.42 Å². The molecule has 20 heavy (non-hydrogen) atoms. The summed E-state index contributed by atoms with van der Waals surface area (Å²) in [5, 5.41) is 3.51. The Morgan fingerprint density at radius 1 is 0.900 bits per heavy atom. The van der Waals surface area contributed by atoms with Crippen LogP contribution in [0.3, 0.4) is 0 Å². The first kappa shape index (κ1) is 19.9. The van der Waals surface area contributed by atoms with E-state index < -0.39 is 9.84 Å². The highest BCUT2D eigenvalue weighted by atomic mass is 32.2. The lowest BCUT2D eigenvalue weighted by Crippen LogP contribution is -2.36. The molecule has 0 aromatic carbocycles. The quantitative estimate of drug-likeness (QED) is 0.527. The van der Waals surface area contributed by atoms with Gasteiger partial charge in [-0.1, -0.05) is 40.5 Å². The van der Waals surface area contributed by atoms with E-state index in [1.165, 1.54) is 12.8 Å². The van der Waals surface area contributed by atoms with Gasteiger partial charge in [0.2, 0.25) is 0 Å². The van der Waals surface area contributed by atoms with Crippen molar-refractivity contribution in [1.82, 2.24) is 5.32 Å². The highest BCUT2D eigenvalue weighted by molar-refractivity contribution is 7.91. The van der Waals surface area contributed by atoms with Crippen LogP contribution in [0.15, 0.2) is 0 Å². The summed E-state index contributed by atoms with van der Waals surface area (Å²) < 4.78 is 24.0. The van der Waals surface area contributed by atoms with Crippen LogP contribution in [0.2, 0.25) is 0 Å². The van der Waals surface area contributed by atoms with E-state index in [0.717, 1.165) is 45.2 Å². The van der Waals surface area contributed by atoms with Crippen molar-refractivity contribution in [3.8, 4) is 0 Å². The second-order valence-corrected chi connectivity index (χ2v) is 8.34. The zero-order chi connectivity index (χ0) is 15.5. The molecule has 0 aromatic heterocycles. The molecule has 122 valence electrons. The maximum absolute atomic E-state index is 12.0. The van der Waals surface area contributed by atoms with E-state index in [4.69, 9.17) is 0 Å². The minimum absolute atomic E-state index is 0.159.